The summed E-state index contributed by atoms with van der Waals surface area (Å²) in [4.78, 5) is 23.4. The molecule has 14 nitrogen and oxygen atoms in total. The van der Waals surface area contributed by atoms with Gasteiger partial charge in [0, 0.05) is 6.42 Å². The van der Waals surface area contributed by atoms with E-state index in [4.69, 9.17) is 31.2 Å². The summed E-state index contributed by atoms with van der Waals surface area (Å²) < 4.78 is 9.83. The Labute approximate surface area is 164 Å². The lowest BCUT2D eigenvalue weighted by Gasteiger charge is -2.44. The molecule has 12 N–H and O–H groups in total. The molecule has 0 radical (unpaired) electrons. The van der Waals surface area contributed by atoms with E-state index in [0.717, 1.165) is 0 Å². The summed E-state index contributed by atoms with van der Waals surface area (Å²) in [5, 5.41) is 77.3. The summed E-state index contributed by atoms with van der Waals surface area (Å²) in [6.45, 7) is -1.89. The average Bonchev–Trinajstić information content (AvgIpc) is 2.71. The first kappa shape index (κ1) is 25.7. The lowest BCUT2D eigenvalue weighted by Crippen LogP contribution is -2.66. The summed E-state index contributed by atoms with van der Waals surface area (Å²) >= 11 is 0. The number of hydrogen-bond donors (Lipinski definition) is 10. The molecule has 14 heteroatoms. The van der Waals surface area contributed by atoms with E-state index < -0.39 is 86.2 Å². The van der Waals surface area contributed by atoms with Gasteiger partial charge in [-0.3, -0.25) is 0 Å². The highest BCUT2D eigenvalue weighted by Crippen LogP contribution is 2.31. The minimum Gasteiger partial charge on any atom is -0.453 e. The number of esters is 1. The predicted molar refractivity (Wildman–Crippen MR) is 90.5 cm³/mol. The molecule has 170 valence electrons. The number of aliphatic hydroxyl groups is 8. The van der Waals surface area contributed by atoms with Crippen LogP contribution >= 0.6 is 0 Å². The fraction of sp³-hybridized carbons (Fsp3) is 0.867. The van der Waals surface area contributed by atoms with Gasteiger partial charge in [0.15, 0.2) is 6.10 Å². The molecule has 1 heterocycles. The zero-order valence-corrected chi connectivity index (χ0v) is 15.3. The Hall–Kier alpha value is -1.30. The third-order valence-electron chi connectivity index (χ3n) is 4.57. The number of ether oxygens (including phenoxy) is 2. The van der Waals surface area contributed by atoms with Crippen molar-refractivity contribution in [1.29, 1.82) is 0 Å². The Morgan fingerprint density at radius 1 is 1.21 bits per heavy atom. The molecular weight excluding hydrogens is 400 g/mol. The highest BCUT2D eigenvalue weighted by molar-refractivity contribution is 5.78. The maximum atomic E-state index is 12.5. The van der Waals surface area contributed by atoms with E-state index >= 15 is 0 Å². The van der Waals surface area contributed by atoms with Gasteiger partial charge in [0.05, 0.1) is 25.4 Å². The largest absolute Gasteiger partial charge is 0.453 e. The minimum atomic E-state index is -2.96. The maximum absolute atomic E-state index is 12.5. The van der Waals surface area contributed by atoms with E-state index in [-0.39, 0.29) is 6.29 Å². The first-order valence-electron chi connectivity index (χ1n) is 8.63. The van der Waals surface area contributed by atoms with Crippen LogP contribution in [0.1, 0.15) is 6.42 Å². The van der Waals surface area contributed by atoms with Crippen LogP contribution in [-0.2, 0) is 19.1 Å². The molecule has 0 bridgehead atoms. The molecule has 0 unspecified atom stereocenters. The lowest BCUT2D eigenvalue weighted by molar-refractivity contribution is -0.298. The predicted octanol–water partition coefficient (Wildman–Crippen LogP) is -6.98. The summed E-state index contributed by atoms with van der Waals surface area (Å²) in [7, 11) is 0. The summed E-state index contributed by atoms with van der Waals surface area (Å²) in [5.41, 5.74) is 11.1. The van der Waals surface area contributed by atoms with Crippen LogP contribution in [0.5, 0.6) is 0 Å². The van der Waals surface area contributed by atoms with Gasteiger partial charge in [0.25, 0.3) is 5.79 Å². The molecule has 0 saturated carbocycles. The molecule has 1 rings (SSSR count). The monoisotopic (exact) mass is 428 g/mol. The third-order valence-corrected chi connectivity index (χ3v) is 4.57. The fourth-order valence-corrected chi connectivity index (χ4v) is 2.74. The van der Waals surface area contributed by atoms with Crippen LogP contribution in [0.3, 0.4) is 0 Å². The molecule has 1 saturated heterocycles. The number of hydrogen-bond acceptors (Lipinski definition) is 14. The summed E-state index contributed by atoms with van der Waals surface area (Å²) in [6, 6.07) is -3.05. The molecule has 0 aromatic rings. The van der Waals surface area contributed by atoms with Crippen LogP contribution < -0.4 is 11.5 Å². The Morgan fingerprint density at radius 3 is 2.24 bits per heavy atom. The van der Waals surface area contributed by atoms with Gasteiger partial charge in [-0.25, -0.2) is 4.79 Å². The highest BCUT2D eigenvalue weighted by Gasteiger charge is 2.54. The van der Waals surface area contributed by atoms with Crippen molar-refractivity contribution in [2.45, 2.75) is 67.0 Å². The quantitative estimate of drug-likeness (QED) is 0.114. The summed E-state index contributed by atoms with van der Waals surface area (Å²) in [5.74, 6) is -4.62. The van der Waals surface area contributed by atoms with Crippen molar-refractivity contribution in [3.05, 3.63) is 0 Å². The smallest absolute Gasteiger partial charge is 0.367 e. The van der Waals surface area contributed by atoms with Crippen LogP contribution in [0.2, 0.25) is 0 Å². The Kier molecular flexibility index (Phi) is 9.45. The van der Waals surface area contributed by atoms with E-state index in [1.807, 2.05) is 0 Å². The Bertz CT molecular complexity index is 553. The molecule has 0 aromatic heterocycles. The van der Waals surface area contributed by atoms with Crippen molar-refractivity contribution in [3.63, 3.8) is 0 Å². The lowest BCUT2D eigenvalue weighted by atomic mass is 9.89. The van der Waals surface area contributed by atoms with Crippen molar-refractivity contribution in [3.8, 4) is 0 Å². The van der Waals surface area contributed by atoms with Crippen molar-refractivity contribution in [2.75, 3.05) is 13.2 Å². The molecule has 1 aliphatic rings. The van der Waals surface area contributed by atoms with Crippen LogP contribution in [0, 0.1) is 0 Å². The van der Waals surface area contributed by atoms with E-state index in [9.17, 15) is 40.2 Å². The first-order valence-corrected chi connectivity index (χ1v) is 8.63. The van der Waals surface area contributed by atoms with Crippen LogP contribution in [0.4, 0.5) is 0 Å². The molecule has 1 fully saturated rings. The van der Waals surface area contributed by atoms with Crippen LogP contribution in [0.25, 0.3) is 0 Å². The molecule has 10 atom stereocenters. The molecule has 29 heavy (non-hydrogen) atoms. The number of carbonyl (C=O) groups excluding carboxylic acids is 2. The second kappa shape index (κ2) is 10.6. The van der Waals surface area contributed by atoms with Gasteiger partial charge in [-0.2, -0.15) is 0 Å². The Morgan fingerprint density at radius 2 is 1.76 bits per heavy atom. The number of carbonyl (C=O) groups is 2. The van der Waals surface area contributed by atoms with E-state index in [1.54, 1.807) is 0 Å². The zero-order chi connectivity index (χ0) is 22.5. The zero-order valence-electron chi connectivity index (χ0n) is 15.3. The SMILES string of the molecule is N[C@H]1[C@H]([C@H](O)[C@H](O)CO)O[C@](O)(C(=O)O[C@@H]([C@@H](O)[C@H](O)CO)[C@@H](N)C=O)C[C@@H]1O. The van der Waals surface area contributed by atoms with E-state index in [1.165, 1.54) is 0 Å². The van der Waals surface area contributed by atoms with E-state index in [0.29, 0.717) is 0 Å². The number of aliphatic hydroxyl groups excluding tert-OH is 7. The van der Waals surface area contributed by atoms with Gasteiger partial charge >= 0.3 is 5.97 Å². The second-order valence-electron chi connectivity index (χ2n) is 6.78. The van der Waals surface area contributed by atoms with Gasteiger partial charge in [-0.15, -0.1) is 0 Å². The molecule has 1 aliphatic heterocycles. The Balaban J connectivity index is 3.08. The van der Waals surface area contributed by atoms with Gasteiger partial charge in [-0.1, -0.05) is 0 Å². The standard InChI is InChI=1S/C15H28N2O12/c16-5(2-18)12(10(24)7(22)3-19)28-14(26)15(27)1-6(21)9(17)13(29-15)11(25)8(23)4-20/h2,5-13,19-25,27H,1,3-4,16-17H2/t5-,6-,7+,8+,9+,10-,11+,12+,13+,15-/m0/s1. The molecule has 0 aromatic carbocycles. The number of nitrogens with two attached hydrogens (primary N) is 2. The third kappa shape index (κ3) is 5.87. The van der Waals surface area contributed by atoms with Crippen molar-refractivity contribution >= 4 is 12.3 Å². The fourth-order valence-electron chi connectivity index (χ4n) is 2.74. The molecule has 0 spiro atoms. The topological polar surface area (TPSA) is 266 Å². The van der Waals surface area contributed by atoms with Gasteiger partial charge in [0.2, 0.25) is 0 Å². The van der Waals surface area contributed by atoms with Gasteiger partial charge in [0.1, 0.15) is 42.8 Å². The molecule has 0 amide bonds. The van der Waals surface area contributed by atoms with Crippen molar-refractivity contribution < 1.29 is 59.9 Å². The van der Waals surface area contributed by atoms with Gasteiger partial charge < -0.3 is 66.6 Å². The minimum absolute atomic E-state index is 0.0754. The first-order chi connectivity index (χ1) is 13.4. The molecular formula is C15H28N2O12. The van der Waals surface area contributed by atoms with Crippen LogP contribution in [0.15, 0.2) is 0 Å². The average molecular weight is 428 g/mol. The maximum Gasteiger partial charge on any atom is 0.367 e. The normalized spacial score (nSPS) is 33.8. The highest BCUT2D eigenvalue weighted by atomic mass is 16.7. The summed E-state index contributed by atoms with van der Waals surface area (Å²) in [6.07, 6.45) is -13.7. The van der Waals surface area contributed by atoms with Crippen molar-refractivity contribution in [2.24, 2.45) is 11.5 Å². The van der Waals surface area contributed by atoms with Crippen molar-refractivity contribution in [1.82, 2.24) is 0 Å². The van der Waals surface area contributed by atoms with Crippen LogP contribution in [-0.4, -0.2) is 127 Å². The number of rotatable bonds is 10. The van der Waals surface area contributed by atoms with Gasteiger partial charge in [-0.05, 0) is 0 Å². The number of aldehydes is 1. The second-order valence-corrected chi connectivity index (χ2v) is 6.78. The van der Waals surface area contributed by atoms with E-state index in [2.05, 4.69) is 0 Å². The molecule has 0 aliphatic carbocycles.